The van der Waals surface area contributed by atoms with Gasteiger partial charge >= 0.3 is 0 Å². The van der Waals surface area contributed by atoms with Crippen LogP contribution in [0, 0.1) is 11.8 Å². The molecule has 6 N–H and O–H groups in total. The first-order chi connectivity index (χ1) is 38.8. The summed E-state index contributed by atoms with van der Waals surface area (Å²) in [6.07, 6.45) is 11.9. The number of amides is 4. The van der Waals surface area contributed by atoms with Crippen LogP contribution in [0.4, 0.5) is 0 Å². The first-order valence-electron chi connectivity index (χ1n) is 28.9. The average Bonchev–Trinajstić information content (AvgIpc) is 4.54. The molecule has 2 aromatic heterocycles. The lowest BCUT2D eigenvalue weighted by molar-refractivity contribution is -0.136. The van der Waals surface area contributed by atoms with Gasteiger partial charge in [0.05, 0.1) is 35.6 Å². The van der Waals surface area contributed by atoms with Crippen molar-refractivity contribution in [1.82, 2.24) is 51.7 Å². The number of carbonyl (C=O) groups is 4. The summed E-state index contributed by atoms with van der Waals surface area (Å²) in [6, 6.07) is 29.3. The Kier molecular flexibility index (Phi) is 18.2. The standard InChI is InChI=1S/C64H78N10O4S2/c1-39(65-5)40(2)67-58(46-25-17-10-18-26-46)64(78)74-36-52(34-56(74)63-71-54(38-80-63)44-21-13-8-14-22-44)69-61(77)50-30-28-47-31-49(29-27-48(47)32-50)60(76)68-51-33-55(62-70-53(37-79-62)43-19-11-7-12-20-43)73(35-51)42(4)57(45-23-15-9-16-24-45)72-59(75)41(3)66-6/h7-8,11-14,19-22,27-32,37-39,41,45-46,51-52,55-58,65-67H,2,4,9-10,15-18,23-26,33-36H2,1,3,5-6H3,(H,68,76)(H,69,77)(H,72,75)/t39-,41-,51-,52-,55-,56-,57+,58-/m0/s1. The number of hydrogen-bond donors (Lipinski definition) is 6. The van der Waals surface area contributed by atoms with Crippen molar-refractivity contribution in [2.24, 2.45) is 11.8 Å². The molecule has 0 unspecified atom stereocenters. The Bertz CT molecular complexity index is 2940. The molecule has 0 radical (unpaired) electrons. The molecule has 14 nitrogen and oxygen atoms in total. The summed E-state index contributed by atoms with van der Waals surface area (Å²) in [4.78, 5) is 71.8. The Morgan fingerprint density at radius 2 is 1.04 bits per heavy atom. The van der Waals surface area contributed by atoms with Crippen molar-refractivity contribution < 1.29 is 19.2 Å². The number of benzene rings is 4. The fourth-order valence-electron chi connectivity index (χ4n) is 12.4. The monoisotopic (exact) mass is 1110 g/mol. The van der Waals surface area contributed by atoms with Crippen molar-refractivity contribution in [1.29, 1.82) is 0 Å². The van der Waals surface area contributed by atoms with E-state index in [2.05, 4.69) is 66.3 Å². The summed E-state index contributed by atoms with van der Waals surface area (Å²) in [5.74, 6) is -0.0460. The number of likely N-dealkylation sites (tertiary alicyclic amines) is 2. The second-order valence-electron chi connectivity index (χ2n) is 22.6. The van der Waals surface area contributed by atoms with E-state index in [0.29, 0.717) is 37.1 Å². The van der Waals surface area contributed by atoms with Gasteiger partial charge in [0, 0.05) is 75.6 Å². The van der Waals surface area contributed by atoms with Crippen molar-refractivity contribution in [2.75, 3.05) is 27.2 Å². The van der Waals surface area contributed by atoms with Gasteiger partial charge in [-0.2, -0.15) is 0 Å². The molecular formula is C64H78N10O4S2. The van der Waals surface area contributed by atoms with Gasteiger partial charge in [0.25, 0.3) is 11.8 Å². The fourth-order valence-corrected chi connectivity index (χ4v) is 14.3. The number of likely N-dealkylation sites (N-methyl/N-ethyl adjacent to an activating group) is 2. The van der Waals surface area contributed by atoms with E-state index in [4.69, 9.17) is 16.5 Å². The highest BCUT2D eigenvalue weighted by atomic mass is 32.1. The van der Waals surface area contributed by atoms with Gasteiger partial charge in [-0.1, -0.05) is 124 Å². The Balaban J connectivity index is 0.850. The minimum Gasteiger partial charge on any atom is -0.376 e. The molecule has 0 bridgehead atoms. The molecule has 2 aliphatic heterocycles. The highest BCUT2D eigenvalue weighted by molar-refractivity contribution is 7.10. The third-order valence-corrected chi connectivity index (χ3v) is 19.2. The Morgan fingerprint density at radius 3 is 1.52 bits per heavy atom. The minimum absolute atomic E-state index is 0.0151. The van der Waals surface area contributed by atoms with Crippen molar-refractivity contribution in [2.45, 2.75) is 139 Å². The van der Waals surface area contributed by atoms with Crippen LogP contribution in [-0.4, -0.2) is 107 Å². The van der Waals surface area contributed by atoms with Crippen LogP contribution < -0.4 is 31.9 Å². The summed E-state index contributed by atoms with van der Waals surface area (Å²) < 4.78 is 0. The highest BCUT2D eigenvalue weighted by Gasteiger charge is 2.44. The van der Waals surface area contributed by atoms with Gasteiger partial charge in [0.2, 0.25) is 11.8 Å². The number of rotatable bonds is 20. The molecule has 4 aromatic carbocycles. The first kappa shape index (κ1) is 56.6. The number of fused-ring (bicyclic) bond motifs is 1. The number of hydrogen-bond acceptors (Lipinski definition) is 12. The topological polar surface area (TPSA) is 173 Å². The van der Waals surface area contributed by atoms with Gasteiger partial charge in [-0.25, -0.2) is 9.97 Å². The molecule has 420 valence electrons. The molecule has 6 aromatic rings. The minimum atomic E-state index is -0.449. The van der Waals surface area contributed by atoms with Crippen molar-refractivity contribution in [3.8, 4) is 22.5 Å². The van der Waals surface area contributed by atoms with Crippen molar-refractivity contribution >= 4 is 57.1 Å². The second-order valence-corrected chi connectivity index (χ2v) is 24.4. The molecule has 80 heavy (non-hydrogen) atoms. The van der Waals surface area contributed by atoms with Crippen LogP contribution in [0.25, 0.3) is 33.3 Å². The van der Waals surface area contributed by atoms with Crippen LogP contribution in [-0.2, 0) is 9.59 Å². The Labute approximate surface area is 479 Å². The molecule has 2 saturated heterocycles. The van der Waals surface area contributed by atoms with Gasteiger partial charge < -0.3 is 41.7 Å². The Morgan fingerprint density at radius 1 is 0.575 bits per heavy atom. The zero-order chi connectivity index (χ0) is 55.9. The fraction of sp³-hybridized carbons (Fsp3) is 0.438. The first-order valence-corrected chi connectivity index (χ1v) is 30.6. The number of thiazole rings is 2. The van der Waals surface area contributed by atoms with Crippen LogP contribution in [0.1, 0.15) is 134 Å². The number of nitrogens with one attached hydrogen (secondary N) is 6. The molecule has 2 saturated carbocycles. The molecule has 4 amide bonds. The summed E-state index contributed by atoms with van der Waals surface area (Å²) in [5, 5.41) is 27.6. The molecule has 2 aliphatic carbocycles. The summed E-state index contributed by atoms with van der Waals surface area (Å²) in [7, 11) is 3.69. The van der Waals surface area contributed by atoms with Crippen molar-refractivity contribution in [3.63, 3.8) is 0 Å². The molecule has 4 heterocycles. The summed E-state index contributed by atoms with van der Waals surface area (Å²) in [5.41, 5.74) is 6.48. The summed E-state index contributed by atoms with van der Waals surface area (Å²) in [6.45, 7) is 13.8. The third-order valence-electron chi connectivity index (χ3n) is 17.3. The van der Waals surface area contributed by atoms with E-state index < -0.39 is 6.04 Å². The summed E-state index contributed by atoms with van der Waals surface area (Å²) >= 11 is 3.17. The molecule has 0 spiro atoms. The predicted octanol–water partition coefficient (Wildman–Crippen LogP) is 10.6. The second kappa shape index (κ2) is 25.8. The highest BCUT2D eigenvalue weighted by Crippen LogP contribution is 2.42. The molecular weight excluding hydrogens is 1040 g/mol. The zero-order valence-electron chi connectivity index (χ0n) is 46.7. The molecule has 16 heteroatoms. The van der Waals surface area contributed by atoms with Gasteiger partial charge in [0.15, 0.2) is 0 Å². The van der Waals surface area contributed by atoms with Crippen LogP contribution in [0.3, 0.4) is 0 Å². The lowest BCUT2D eigenvalue weighted by atomic mass is 9.82. The number of aromatic nitrogens is 2. The van der Waals surface area contributed by atoms with E-state index >= 15 is 4.79 Å². The van der Waals surface area contributed by atoms with Gasteiger partial charge in [-0.15, -0.1) is 22.7 Å². The molecule has 8 atom stereocenters. The largest absolute Gasteiger partial charge is 0.376 e. The van der Waals surface area contributed by atoms with Gasteiger partial charge in [-0.05, 0) is 113 Å². The molecule has 4 fully saturated rings. The molecule has 4 aliphatic rings. The van der Waals surface area contributed by atoms with Crippen LogP contribution in [0.5, 0.6) is 0 Å². The normalized spacial score (nSPS) is 21.4. The lowest BCUT2D eigenvalue weighted by Crippen LogP contribution is -2.52. The van der Waals surface area contributed by atoms with Gasteiger partial charge in [0.1, 0.15) is 16.1 Å². The van der Waals surface area contributed by atoms with E-state index in [1.54, 1.807) is 35.8 Å². The average molecular weight is 1120 g/mol. The quantitative estimate of drug-likeness (QED) is 0.0432. The van der Waals surface area contributed by atoms with Crippen LogP contribution in [0.2, 0.25) is 0 Å². The maximum absolute atomic E-state index is 15.1. The van der Waals surface area contributed by atoms with E-state index in [1.165, 1.54) is 12.8 Å². The molecule has 10 rings (SSSR count). The van der Waals surface area contributed by atoms with Crippen molar-refractivity contribution in [3.05, 3.63) is 154 Å². The van der Waals surface area contributed by atoms with E-state index in [0.717, 1.165) is 106 Å². The maximum atomic E-state index is 15.1. The lowest BCUT2D eigenvalue weighted by Gasteiger charge is -2.38. The Hall–Kier alpha value is -6.72. The third kappa shape index (κ3) is 12.9. The number of nitrogens with zero attached hydrogens (tertiary/aromatic N) is 4. The number of carbonyl (C=O) groups excluding carboxylic acids is 4. The van der Waals surface area contributed by atoms with Crippen LogP contribution in [0.15, 0.2) is 132 Å². The SMILES string of the molecule is C=C(N[C@H](C(=O)N1C[C@@H](NC(=O)c2ccc3cc(C(=O)N[C@H]4C[C@@H](c5nc(-c6ccccc6)cs5)N(C(=C)[C@@H](NC(=O)[C@H](C)NC)C5CCCCC5)C4)ccc3c2)C[C@H]1c1nc(-c2ccccc2)cs1)C1CCCCC1)[C@H](C)NC. The van der Waals surface area contributed by atoms with E-state index in [-0.39, 0.29) is 77.8 Å². The van der Waals surface area contributed by atoms with Gasteiger partial charge in [-0.3, -0.25) is 19.2 Å². The van der Waals surface area contributed by atoms with E-state index in [1.807, 2.05) is 105 Å². The van der Waals surface area contributed by atoms with Crippen LogP contribution >= 0.6 is 22.7 Å². The smallest absolute Gasteiger partial charge is 0.251 e. The zero-order valence-corrected chi connectivity index (χ0v) is 48.4. The maximum Gasteiger partial charge on any atom is 0.251 e. The predicted molar refractivity (Wildman–Crippen MR) is 322 cm³/mol. The van der Waals surface area contributed by atoms with E-state index in [9.17, 15) is 14.4 Å².